The van der Waals surface area contributed by atoms with Gasteiger partial charge in [0.05, 0.1) is 5.75 Å². The summed E-state index contributed by atoms with van der Waals surface area (Å²) in [4.78, 5) is 23.0. The van der Waals surface area contributed by atoms with E-state index in [1.54, 1.807) is 30.6 Å². The zero-order valence-corrected chi connectivity index (χ0v) is 13.6. The Labute approximate surface area is 138 Å². The SMILES string of the molecule is O=C(CSc1cc(N2CCCC2)ncn1)c1ccc(Cl)cc1. The van der Waals surface area contributed by atoms with Gasteiger partial charge in [0.1, 0.15) is 17.2 Å². The van der Waals surface area contributed by atoms with Gasteiger partial charge in [-0.25, -0.2) is 9.97 Å². The molecule has 0 spiro atoms. The number of carbonyl (C=O) groups excluding carboxylic acids is 1. The average molecular weight is 334 g/mol. The number of Topliss-reactive ketones (excluding diaryl/α,β-unsaturated/α-hetero) is 1. The van der Waals surface area contributed by atoms with Gasteiger partial charge < -0.3 is 4.90 Å². The number of aromatic nitrogens is 2. The molecule has 0 amide bonds. The van der Waals surface area contributed by atoms with Crippen molar-refractivity contribution >= 4 is 35.0 Å². The summed E-state index contributed by atoms with van der Waals surface area (Å²) in [6.07, 6.45) is 3.99. The van der Waals surface area contributed by atoms with Gasteiger partial charge in [-0.1, -0.05) is 23.4 Å². The van der Waals surface area contributed by atoms with Gasteiger partial charge in [-0.15, -0.1) is 0 Å². The highest BCUT2D eigenvalue weighted by Gasteiger charge is 2.14. The van der Waals surface area contributed by atoms with E-state index in [-0.39, 0.29) is 5.78 Å². The van der Waals surface area contributed by atoms with Crippen LogP contribution in [0.5, 0.6) is 0 Å². The summed E-state index contributed by atoms with van der Waals surface area (Å²) >= 11 is 7.27. The number of hydrogen-bond acceptors (Lipinski definition) is 5. The maximum atomic E-state index is 12.2. The number of hydrogen-bond donors (Lipinski definition) is 0. The van der Waals surface area contributed by atoms with Crippen molar-refractivity contribution in [3.8, 4) is 0 Å². The van der Waals surface area contributed by atoms with Crippen LogP contribution in [0.15, 0.2) is 41.7 Å². The first kappa shape index (κ1) is 15.3. The van der Waals surface area contributed by atoms with E-state index >= 15 is 0 Å². The van der Waals surface area contributed by atoms with Crippen molar-refractivity contribution in [2.45, 2.75) is 17.9 Å². The molecule has 0 radical (unpaired) electrons. The summed E-state index contributed by atoms with van der Waals surface area (Å²) < 4.78 is 0. The van der Waals surface area contributed by atoms with E-state index in [2.05, 4.69) is 14.9 Å². The molecular weight excluding hydrogens is 318 g/mol. The number of rotatable bonds is 5. The third-order valence-electron chi connectivity index (χ3n) is 3.57. The Bertz CT molecular complexity index is 657. The average Bonchev–Trinajstić information content (AvgIpc) is 3.08. The van der Waals surface area contributed by atoms with Gasteiger partial charge in [0, 0.05) is 29.7 Å². The Hall–Kier alpha value is -1.59. The molecule has 1 fully saturated rings. The van der Waals surface area contributed by atoms with Crippen molar-refractivity contribution in [2.24, 2.45) is 0 Å². The number of halogens is 1. The fraction of sp³-hybridized carbons (Fsp3) is 0.312. The van der Waals surface area contributed by atoms with Gasteiger partial charge in [-0.2, -0.15) is 0 Å². The van der Waals surface area contributed by atoms with Crippen LogP contribution in [0, 0.1) is 0 Å². The fourth-order valence-corrected chi connectivity index (χ4v) is 3.27. The number of carbonyl (C=O) groups is 1. The molecule has 114 valence electrons. The highest BCUT2D eigenvalue weighted by Crippen LogP contribution is 2.23. The molecule has 3 rings (SSSR count). The Morgan fingerprint density at radius 2 is 1.91 bits per heavy atom. The van der Waals surface area contributed by atoms with Crippen molar-refractivity contribution < 1.29 is 4.79 Å². The quantitative estimate of drug-likeness (QED) is 0.474. The van der Waals surface area contributed by atoms with E-state index in [9.17, 15) is 4.79 Å². The largest absolute Gasteiger partial charge is 0.356 e. The van der Waals surface area contributed by atoms with Crippen molar-refractivity contribution in [1.82, 2.24) is 9.97 Å². The Balaban J connectivity index is 1.62. The molecule has 0 aliphatic carbocycles. The molecule has 2 heterocycles. The molecule has 1 aromatic heterocycles. The maximum Gasteiger partial charge on any atom is 0.173 e. The van der Waals surface area contributed by atoms with Crippen LogP contribution in [0.3, 0.4) is 0 Å². The zero-order chi connectivity index (χ0) is 15.4. The number of anilines is 1. The Morgan fingerprint density at radius 3 is 2.64 bits per heavy atom. The van der Waals surface area contributed by atoms with Crippen LogP contribution in [0.1, 0.15) is 23.2 Å². The molecule has 0 bridgehead atoms. The van der Waals surface area contributed by atoms with Crippen molar-refractivity contribution in [3.63, 3.8) is 0 Å². The lowest BCUT2D eigenvalue weighted by Crippen LogP contribution is -2.19. The first-order valence-corrected chi connectivity index (χ1v) is 8.57. The lowest BCUT2D eigenvalue weighted by atomic mass is 10.1. The smallest absolute Gasteiger partial charge is 0.173 e. The van der Waals surface area contributed by atoms with Gasteiger partial charge >= 0.3 is 0 Å². The van der Waals surface area contributed by atoms with Gasteiger partial charge in [-0.3, -0.25) is 4.79 Å². The van der Waals surface area contributed by atoms with Crippen LogP contribution in [0.4, 0.5) is 5.82 Å². The van der Waals surface area contributed by atoms with Crippen molar-refractivity contribution in [3.05, 3.63) is 47.2 Å². The molecule has 0 atom stereocenters. The normalized spacial score (nSPS) is 14.3. The van der Waals surface area contributed by atoms with Crippen LogP contribution >= 0.6 is 23.4 Å². The standard InChI is InChI=1S/C16H16ClN3OS/c17-13-5-3-12(4-6-13)14(21)10-22-16-9-15(18-11-19-16)20-7-1-2-8-20/h3-6,9,11H,1-2,7-8,10H2. The van der Waals surface area contributed by atoms with E-state index < -0.39 is 0 Å². The van der Waals surface area contributed by atoms with Crippen LogP contribution in [-0.2, 0) is 0 Å². The summed E-state index contributed by atoms with van der Waals surface area (Å²) in [7, 11) is 0. The van der Waals surface area contributed by atoms with Crippen LogP contribution in [-0.4, -0.2) is 34.6 Å². The van der Waals surface area contributed by atoms with Crippen LogP contribution in [0.2, 0.25) is 5.02 Å². The number of benzene rings is 1. The predicted octanol–water partition coefficient (Wildman–Crippen LogP) is 3.71. The molecule has 1 aromatic carbocycles. The second-order valence-electron chi connectivity index (χ2n) is 5.13. The number of nitrogens with zero attached hydrogens (tertiary/aromatic N) is 3. The van der Waals surface area contributed by atoms with Gasteiger partial charge in [0.25, 0.3) is 0 Å². The summed E-state index contributed by atoms with van der Waals surface area (Å²) in [5.74, 6) is 1.38. The maximum absolute atomic E-state index is 12.2. The topological polar surface area (TPSA) is 46.1 Å². The molecule has 0 N–H and O–H groups in total. The molecule has 1 aliphatic rings. The minimum Gasteiger partial charge on any atom is -0.356 e. The third kappa shape index (κ3) is 3.78. The second kappa shape index (κ2) is 7.11. The van der Waals surface area contributed by atoms with Crippen LogP contribution in [0.25, 0.3) is 0 Å². The minimum atomic E-state index is 0.0722. The van der Waals surface area contributed by atoms with E-state index in [0.717, 1.165) is 23.9 Å². The molecule has 4 nitrogen and oxygen atoms in total. The third-order valence-corrected chi connectivity index (χ3v) is 4.75. The fourth-order valence-electron chi connectivity index (χ4n) is 2.39. The molecule has 0 saturated carbocycles. The number of thioether (sulfide) groups is 1. The van der Waals surface area contributed by atoms with E-state index in [4.69, 9.17) is 11.6 Å². The van der Waals surface area contributed by atoms with Gasteiger partial charge in [-0.05, 0) is 37.1 Å². The molecular formula is C16H16ClN3OS. The van der Waals surface area contributed by atoms with E-state index in [0.29, 0.717) is 16.3 Å². The molecule has 22 heavy (non-hydrogen) atoms. The summed E-state index contributed by atoms with van der Waals surface area (Å²) in [5.41, 5.74) is 0.672. The van der Waals surface area contributed by atoms with E-state index in [1.807, 2.05) is 6.07 Å². The number of ketones is 1. The predicted molar refractivity (Wildman–Crippen MR) is 90.0 cm³/mol. The molecule has 6 heteroatoms. The highest BCUT2D eigenvalue weighted by atomic mass is 35.5. The molecule has 1 saturated heterocycles. The molecule has 2 aromatic rings. The second-order valence-corrected chi connectivity index (χ2v) is 6.56. The van der Waals surface area contributed by atoms with Gasteiger partial charge in [0.2, 0.25) is 0 Å². The Kier molecular flexibility index (Phi) is 4.95. The lowest BCUT2D eigenvalue weighted by Gasteiger charge is -2.16. The Morgan fingerprint density at radius 1 is 1.18 bits per heavy atom. The van der Waals surface area contributed by atoms with Crippen molar-refractivity contribution in [2.75, 3.05) is 23.7 Å². The monoisotopic (exact) mass is 333 g/mol. The first-order valence-electron chi connectivity index (χ1n) is 7.21. The van der Waals surface area contributed by atoms with Gasteiger partial charge in [0.15, 0.2) is 5.78 Å². The minimum absolute atomic E-state index is 0.0722. The molecule has 0 unspecified atom stereocenters. The highest BCUT2D eigenvalue weighted by molar-refractivity contribution is 7.99. The summed E-state index contributed by atoms with van der Waals surface area (Å²) in [6, 6.07) is 8.93. The van der Waals surface area contributed by atoms with Crippen molar-refractivity contribution in [1.29, 1.82) is 0 Å². The van der Waals surface area contributed by atoms with Crippen LogP contribution < -0.4 is 4.90 Å². The van der Waals surface area contributed by atoms with E-state index in [1.165, 1.54) is 24.6 Å². The molecule has 1 aliphatic heterocycles. The lowest BCUT2D eigenvalue weighted by molar-refractivity contribution is 0.102. The first-order chi connectivity index (χ1) is 10.7. The summed E-state index contributed by atoms with van der Waals surface area (Å²) in [6.45, 7) is 2.09. The zero-order valence-electron chi connectivity index (χ0n) is 12.0. The summed E-state index contributed by atoms with van der Waals surface area (Å²) in [5, 5.41) is 1.47.